The highest BCUT2D eigenvalue weighted by Crippen LogP contribution is 2.44. The molecule has 1 atom stereocenters. The van der Waals surface area contributed by atoms with Crippen molar-refractivity contribution in [3.8, 4) is 0 Å². The Bertz CT molecular complexity index is 842. The SMILES string of the molecule is CCN(C(=O)O)c1ccc(N2CCCC3(CCN(C4CCC(O)CC4)C3=O)C2)c(Cl)c1. The van der Waals surface area contributed by atoms with E-state index < -0.39 is 6.09 Å². The van der Waals surface area contributed by atoms with Crippen LogP contribution in [0.4, 0.5) is 16.2 Å². The van der Waals surface area contributed by atoms with Crippen LogP contribution < -0.4 is 9.80 Å². The fourth-order valence-corrected chi connectivity index (χ4v) is 5.92. The van der Waals surface area contributed by atoms with Gasteiger partial charge in [0.2, 0.25) is 5.91 Å². The zero-order valence-corrected chi connectivity index (χ0v) is 18.9. The maximum atomic E-state index is 13.5. The van der Waals surface area contributed by atoms with Crippen LogP contribution in [0.3, 0.4) is 0 Å². The number of hydrogen-bond donors (Lipinski definition) is 2. The summed E-state index contributed by atoms with van der Waals surface area (Å²) >= 11 is 6.58. The third kappa shape index (κ3) is 4.22. The predicted octanol–water partition coefficient (Wildman–Crippen LogP) is 3.97. The van der Waals surface area contributed by atoms with E-state index in [1.165, 1.54) is 4.90 Å². The van der Waals surface area contributed by atoms with E-state index in [0.29, 0.717) is 23.8 Å². The molecule has 170 valence electrons. The van der Waals surface area contributed by atoms with E-state index in [9.17, 15) is 19.8 Å². The monoisotopic (exact) mass is 449 g/mol. The first-order valence-electron chi connectivity index (χ1n) is 11.4. The Morgan fingerprint density at radius 3 is 2.61 bits per heavy atom. The van der Waals surface area contributed by atoms with Gasteiger partial charge >= 0.3 is 6.09 Å². The summed E-state index contributed by atoms with van der Waals surface area (Å²) in [4.78, 5) is 30.5. The van der Waals surface area contributed by atoms with Gasteiger partial charge in [0.15, 0.2) is 0 Å². The number of aliphatic hydroxyl groups is 1. The molecule has 2 amide bonds. The predicted molar refractivity (Wildman–Crippen MR) is 121 cm³/mol. The van der Waals surface area contributed by atoms with E-state index in [0.717, 1.165) is 63.7 Å². The number of hydrogen-bond acceptors (Lipinski definition) is 4. The van der Waals surface area contributed by atoms with Gasteiger partial charge < -0.3 is 20.0 Å². The average molecular weight is 450 g/mol. The Labute approximate surface area is 188 Å². The zero-order chi connectivity index (χ0) is 22.2. The van der Waals surface area contributed by atoms with Crippen LogP contribution >= 0.6 is 11.6 Å². The van der Waals surface area contributed by atoms with Crippen LogP contribution in [0.5, 0.6) is 0 Å². The van der Waals surface area contributed by atoms with Gasteiger partial charge in [0.25, 0.3) is 0 Å². The zero-order valence-electron chi connectivity index (χ0n) is 18.1. The number of rotatable bonds is 4. The third-order valence-corrected chi connectivity index (χ3v) is 7.66. The lowest BCUT2D eigenvalue weighted by atomic mass is 9.78. The fraction of sp³-hybridized carbons (Fsp3) is 0.652. The van der Waals surface area contributed by atoms with Gasteiger partial charge in [-0.15, -0.1) is 0 Å². The number of carbonyl (C=O) groups is 2. The summed E-state index contributed by atoms with van der Waals surface area (Å²) in [7, 11) is 0. The van der Waals surface area contributed by atoms with Crippen molar-refractivity contribution in [1.82, 2.24) is 4.90 Å². The molecule has 31 heavy (non-hydrogen) atoms. The molecule has 3 fully saturated rings. The molecule has 1 aliphatic carbocycles. The van der Waals surface area contributed by atoms with Crippen LogP contribution in [0.15, 0.2) is 18.2 Å². The molecule has 0 bridgehead atoms. The van der Waals surface area contributed by atoms with Crippen LogP contribution in [0.1, 0.15) is 51.9 Å². The molecule has 1 aromatic carbocycles. The number of likely N-dealkylation sites (tertiary alicyclic amines) is 1. The van der Waals surface area contributed by atoms with Gasteiger partial charge in [-0.05, 0) is 70.1 Å². The summed E-state index contributed by atoms with van der Waals surface area (Å²) in [6.45, 7) is 4.41. The maximum absolute atomic E-state index is 13.5. The highest BCUT2D eigenvalue weighted by atomic mass is 35.5. The molecule has 1 saturated carbocycles. The van der Waals surface area contributed by atoms with Crippen LogP contribution in [-0.2, 0) is 4.79 Å². The van der Waals surface area contributed by atoms with Gasteiger partial charge in [0, 0.05) is 37.9 Å². The van der Waals surface area contributed by atoms with E-state index in [1.54, 1.807) is 19.1 Å². The highest BCUT2D eigenvalue weighted by Gasteiger charge is 2.50. The molecule has 2 aliphatic heterocycles. The molecule has 7 nitrogen and oxygen atoms in total. The highest BCUT2D eigenvalue weighted by molar-refractivity contribution is 6.33. The number of nitrogens with zero attached hydrogens (tertiary/aromatic N) is 3. The van der Waals surface area contributed by atoms with Gasteiger partial charge in [-0.2, -0.15) is 0 Å². The molecule has 3 aliphatic rings. The van der Waals surface area contributed by atoms with Gasteiger partial charge in [0.1, 0.15) is 0 Å². The van der Waals surface area contributed by atoms with Crippen molar-refractivity contribution in [3.63, 3.8) is 0 Å². The molecule has 0 radical (unpaired) electrons. The lowest BCUT2D eigenvalue weighted by Crippen LogP contribution is -2.50. The summed E-state index contributed by atoms with van der Waals surface area (Å²) in [5.74, 6) is 0.259. The number of carboxylic acid groups (broad SMARTS) is 1. The average Bonchev–Trinajstić information content (AvgIpc) is 3.04. The van der Waals surface area contributed by atoms with Crippen LogP contribution in [0.2, 0.25) is 5.02 Å². The van der Waals surface area contributed by atoms with Crippen LogP contribution in [0, 0.1) is 5.41 Å². The largest absolute Gasteiger partial charge is 0.465 e. The van der Waals surface area contributed by atoms with Crippen molar-refractivity contribution in [3.05, 3.63) is 23.2 Å². The molecule has 1 spiro atoms. The number of piperidine rings is 1. The molecule has 4 rings (SSSR count). The number of anilines is 2. The first-order valence-corrected chi connectivity index (χ1v) is 11.8. The van der Waals surface area contributed by atoms with E-state index in [-0.39, 0.29) is 23.5 Å². The minimum Gasteiger partial charge on any atom is -0.465 e. The Morgan fingerprint density at radius 2 is 1.97 bits per heavy atom. The summed E-state index contributed by atoms with van der Waals surface area (Å²) in [5, 5.41) is 19.7. The summed E-state index contributed by atoms with van der Waals surface area (Å²) in [5.41, 5.74) is 1.04. The second-order valence-electron chi connectivity index (χ2n) is 9.18. The molecule has 2 saturated heterocycles. The van der Waals surface area contributed by atoms with E-state index in [4.69, 9.17) is 11.6 Å². The normalized spacial score (nSPS) is 28.9. The van der Waals surface area contributed by atoms with Gasteiger partial charge in [-0.25, -0.2) is 4.79 Å². The Morgan fingerprint density at radius 1 is 1.23 bits per heavy atom. The standard InChI is InChI=1S/C23H32ClN3O4/c1-2-26(22(30)31)17-6-9-20(19(24)14-17)25-12-3-10-23(15-25)11-13-27(21(23)29)16-4-7-18(28)8-5-16/h6,9,14,16,18,28H,2-5,7-8,10-13,15H2,1H3,(H,30,31). The minimum atomic E-state index is -1.00. The quantitative estimate of drug-likeness (QED) is 0.726. The molecule has 8 heteroatoms. The van der Waals surface area contributed by atoms with E-state index in [1.807, 2.05) is 6.07 Å². The van der Waals surface area contributed by atoms with E-state index in [2.05, 4.69) is 9.80 Å². The summed E-state index contributed by atoms with van der Waals surface area (Å²) in [6, 6.07) is 5.62. The molecule has 0 aromatic heterocycles. The van der Waals surface area contributed by atoms with Crippen molar-refractivity contribution >= 4 is 35.0 Å². The number of amides is 2. The molecular weight excluding hydrogens is 418 g/mol. The van der Waals surface area contributed by atoms with Gasteiger partial charge in [-0.1, -0.05) is 11.6 Å². The van der Waals surface area contributed by atoms with Crippen molar-refractivity contribution < 1.29 is 19.8 Å². The Hall–Kier alpha value is -1.99. The van der Waals surface area contributed by atoms with Crippen molar-refractivity contribution in [2.75, 3.05) is 36.0 Å². The first-order chi connectivity index (χ1) is 14.8. The number of carbonyl (C=O) groups excluding carboxylic acids is 1. The number of halogens is 1. The van der Waals surface area contributed by atoms with E-state index >= 15 is 0 Å². The Balaban J connectivity index is 1.50. The molecule has 2 N–H and O–H groups in total. The number of aliphatic hydroxyl groups excluding tert-OH is 1. The van der Waals surface area contributed by atoms with Crippen molar-refractivity contribution in [2.24, 2.45) is 5.41 Å². The second kappa shape index (κ2) is 8.87. The smallest absolute Gasteiger partial charge is 0.411 e. The van der Waals surface area contributed by atoms with Crippen LogP contribution in [0.25, 0.3) is 0 Å². The summed E-state index contributed by atoms with van der Waals surface area (Å²) in [6.07, 6.45) is 4.79. The van der Waals surface area contributed by atoms with Gasteiger partial charge in [0.05, 0.1) is 22.2 Å². The molecule has 1 aromatic rings. The Kier molecular flexibility index (Phi) is 6.35. The lowest BCUT2D eigenvalue weighted by Gasteiger charge is -2.41. The second-order valence-corrected chi connectivity index (χ2v) is 9.59. The fourth-order valence-electron chi connectivity index (χ4n) is 5.63. The number of benzene rings is 1. The minimum absolute atomic E-state index is 0.219. The maximum Gasteiger partial charge on any atom is 0.411 e. The molecule has 1 unspecified atom stereocenters. The first kappa shape index (κ1) is 22.2. The van der Waals surface area contributed by atoms with Gasteiger partial charge in [-0.3, -0.25) is 9.69 Å². The van der Waals surface area contributed by atoms with Crippen LogP contribution in [-0.4, -0.2) is 65.4 Å². The lowest BCUT2D eigenvalue weighted by molar-refractivity contribution is -0.139. The van der Waals surface area contributed by atoms with Crippen molar-refractivity contribution in [2.45, 2.75) is 64.0 Å². The topological polar surface area (TPSA) is 84.3 Å². The molecular formula is C23H32ClN3O4. The third-order valence-electron chi connectivity index (χ3n) is 7.36. The summed E-state index contributed by atoms with van der Waals surface area (Å²) < 4.78 is 0. The molecule has 2 heterocycles. The van der Waals surface area contributed by atoms with Crippen molar-refractivity contribution in [1.29, 1.82) is 0 Å².